The molecule has 102 valence electrons. The highest BCUT2D eigenvalue weighted by Crippen LogP contribution is 2.17. The molecule has 0 N–H and O–H groups in total. The summed E-state index contributed by atoms with van der Waals surface area (Å²) >= 11 is 0. The Labute approximate surface area is 117 Å². The lowest BCUT2D eigenvalue weighted by atomic mass is 10.2. The van der Waals surface area contributed by atoms with Gasteiger partial charge in [-0.25, -0.2) is 15.0 Å². The Balaban J connectivity index is 1.71. The molecule has 0 fully saturated rings. The topological polar surface area (TPSA) is 48.0 Å². The van der Waals surface area contributed by atoms with Gasteiger partial charge in [0.05, 0.1) is 11.4 Å². The van der Waals surface area contributed by atoms with Crippen LogP contribution in [0.1, 0.15) is 35.7 Å². The SMILES string of the molecule is Cc1cn2c(Cc3cn4c(n3)CCCC4)ccnc2n1. The molecule has 0 aromatic carbocycles. The van der Waals surface area contributed by atoms with Gasteiger partial charge in [0, 0.05) is 43.7 Å². The van der Waals surface area contributed by atoms with E-state index in [9.17, 15) is 0 Å². The summed E-state index contributed by atoms with van der Waals surface area (Å²) in [5, 5.41) is 0. The molecule has 0 unspecified atom stereocenters. The van der Waals surface area contributed by atoms with Gasteiger partial charge in [-0.05, 0) is 25.8 Å². The number of fused-ring (bicyclic) bond motifs is 2. The van der Waals surface area contributed by atoms with Gasteiger partial charge in [0.25, 0.3) is 0 Å². The van der Waals surface area contributed by atoms with Crippen LogP contribution >= 0.6 is 0 Å². The van der Waals surface area contributed by atoms with E-state index < -0.39 is 0 Å². The first-order chi connectivity index (χ1) is 9.79. The van der Waals surface area contributed by atoms with Crippen molar-refractivity contribution >= 4 is 5.78 Å². The maximum atomic E-state index is 4.77. The van der Waals surface area contributed by atoms with Crippen LogP contribution in [-0.4, -0.2) is 23.9 Å². The summed E-state index contributed by atoms with van der Waals surface area (Å²) in [7, 11) is 0. The summed E-state index contributed by atoms with van der Waals surface area (Å²) in [6.07, 6.45) is 10.5. The second-order valence-electron chi connectivity index (χ2n) is 5.46. The van der Waals surface area contributed by atoms with Gasteiger partial charge < -0.3 is 4.57 Å². The number of nitrogens with zero attached hydrogens (tertiary/aromatic N) is 5. The van der Waals surface area contributed by atoms with E-state index >= 15 is 0 Å². The summed E-state index contributed by atoms with van der Waals surface area (Å²) in [5.74, 6) is 2.00. The summed E-state index contributed by atoms with van der Waals surface area (Å²) in [6.45, 7) is 3.10. The van der Waals surface area contributed by atoms with Crippen molar-refractivity contribution in [3.05, 3.63) is 47.6 Å². The van der Waals surface area contributed by atoms with E-state index in [0.29, 0.717) is 0 Å². The van der Waals surface area contributed by atoms with Crippen LogP contribution in [0.5, 0.6) is 0 Å². The molecular formula is C15H17N5. The molecule has 0 radical (unpaired) electrons. The second kappa shape index (κ2) is 4.44. The van der Waals surface area contributed by atoms with Crippen LogP contribution in [0, 0.1) is 6.92 Å². The Morgan fingerprint density at radius 1 is 1.20 bits per heavy atom. The quantitative estimate of drug-likeness (QED) is 0.715. The van der Waals surface area contributed by atoms with Crippen molar-refractivity contribution in [2.24, 2.45) is 0 Å². The molecule has 20 heavy (non-hydrogen) atoms. The first-order valence-corrected chi connectivity index (χ1v) is 7.14. The molecule has 4 heterocycles. The molecule has 0 aliphatic carbocycles. The van der Waals surface area contributed by atoms with E-state index in [1.807, 2.05) is 25.4 Å². The Hall–Kier alpha value is -2.17. The Morgan fingerprint density at radius 3 is 3.05 bits per heavy atom. The maximum absolute atomic E-state index is 4.77. The fourth-order valence-corrected chi connectivity index (χ4v) is 2.94. The minimum absolute atomic E-state index is 0.768. The molecule has 0 saturated carbocycles. The number of hydrogen-bond acceptors (Lipinski definition) is 3. The van der Waals surface area contributed by atoms with Gasteiger partial charge >= 0.3 is 0 Å². The molecular weight excluding hydrogens is 250 g/mol. The van der Waals surface area contributed by atoms with Crippen LogP contribution in [0.2, 0.25) is 0 Å². The summed E-state index contributed by atoms with van der Waals surface area (Å²) < 4.78 is 4.37. The van der Waals surface area contributed by atoms with Gasteiger partial charge in [0.2, 0.25) is 5.78 Å². The summed E-state index contributed by atoms with van der Waals surface area (Å²) in [4.78, 5) is 13.5. The molecule has 3 aromatic heterocycles. The average molecular weight is 267 g/mol. The minimum Gasteiger partial charge on any atom is -0.335 e. The van der Waals surface area contributed by atoms with E-state index in [1.165, 1.54) is 24.4 Å². The predicted octanol–water partition coefficient (Wildman–Crippen LogP) is 2.16. The van der Waals surface area contributed by atoms with Crippen molar-refractivity contribution in [2.45, 2.75) is 39.2 Å². The van der Waals surface area contributed by atoms with E-state index in [-0.39, 0.29) is 0 Å². The van der Waals surface area contributed by atoms with Gasteiger partial charge in [-0.2, -0.15) is 0 Å². The zero-order valence-corrected chi connectivity index (χ0v) is 11.6. The van der Waals surface area contributed by atoms with Crippen molar-refractivity contribution in [3.8, 4) is 0 Å². The zero-order chi connectivity index (χ0) is 13.5. The Bertz CT molecular complexity index is 744. The van der Waals surface area contributed by atoms with Gasteiger partial charge in [0.15, 0.2) is 0 Å². The Kier molecular flexibility index (Phi) is 2.58. The van der Waals surface area contributed by atoms with E-state index in [1.54, 1.807) is 0 Å². The largest absolute Gasteiger partial charge is 0.335 e. The highest BCUT2D eigenvalue weighted by atomic mass is 15.1. The normalized spacial score (nSPS) is 14.7. The van der Waals surface area contributed by atoms with Gasteiger partial charge in [-0.3, -0.25) is 4.40 Å². The summed E-state index contributed by atoms with van der Waals surface area (Å²) in [6, 6.07) is 2.05. The lowest BCUT2D eigenvalue weighted by Gasteiger charge is -2.11. The van der Waals surface area contributed by atoms with Crippen molar-refractivity contribution in [1.29, 1.82) is 0 Å². The zero-order valence-electron chi connectivity index (χ0n) is 11.6. The third kappa shape index (κ3) is 1.90. The van der Waals surface area contributed by atoms with Crippen LogP contribution in [0.3, 0.4) is 0 Å². The number of aromatic nitrogens is 5. The standard InChI is InChI=1S/C15H17N5/c1-11-9-20-13(5-6-16-15(20)17-11)8-12-10-19-7-3-2-4-14(19)18-12/h5-6,9-10H,2-4,7-8H2,1H3. The molecule has 5 nitrogen and oxygen atoms in total. The average Bonchev–Trinajstić information content (AvgIpc) is 3.01. The molecule has 1 aliphatic heterocycles. The molecule has 3 aromatic rings. The van der Waals surface area contributed by atoms with Crippen LogP contribution in [0.25, 0.3) is 5.78 Å². The van der Waals surface area contributed by atoms with Crippen molar-refractivity contribution in [3.63, 3.8) is 0 Å². The molecule has 1 aliphatic rings. The highest BCUT2D eigenvalue weighted by Gasteiger charge is 2.13. The highest BCUT2D eigenvalue weighted by molar-refractivity contribution is 5.33. The van der Waals surface area contributed by atoms with Gasteiger partial charge in [-0.15, -0.1) is 0 Å². The molecule has 0 amide bonds. The van der Waals surface area contributed by atoms with Crippen molar-refractivity contribution in [2.75, 3.05) is 0 Å². The van der Waals surface area contributed by atoms with Crippen molar-refractivity contribution < 1.29 is 0 Å². The van der Waals surface area contributed by atoms with E-state index in [4.69, 9.17) is 4.98 Å². The predicted molar refractivity (Wildman–Crippen MR) is 75.7 cm³/mol. The molecule has 5 heteroatoms. The number of imidazole rings is 2. The van der Waals surface area contributed by atoms with Crippen LogP contribution in [0.4, 0.5) is 0 Å². The lowest BCUT2D eigenvalue weighted by molar-refractivity contribution is 0.522. The summed E-state index contributed by atoms with van der Waals surface area (Å²) in [5.41, 5.74) is 3.32. The smallest absolute Gasteiger partial charge is 0.234 e. The minimum atomic E-state index is 0.768. The molecule has 0 bridgehead atoms. The number of rotatable bonds is 2. The third-order valence-electron chi connectivity index (χ3n) is 3.89. The van der Waals surface area contributed by atoms with E-state index in [2.05, 4.69) is 25.1 Å². The maximum Gasteiger partial charge on any atom is 0.234 e. The first kappa shape index (κ1) is 11.6. The van der Waals surface area contributed by atoms with Gasteiger partial charge in [0.1, 0.15) is 5.82 Å². The second-order valence-corrected chi connectivity index (χ2v) is 5.46. The molecule has 4 rings (SSSR count). The number of aryl methyl sites for hydroxylation is 3. The van der Waals surface area contributed by atoms with Crippen molar-refractivity contribution in [1.82, 2.24) is 23.9 Å². The van der Waals surface area contributed by atoms with Crippen LogP contribution < -0.4 is 0 Å². The third-order valence-corrected chi connectivity index (χ3v) is 3.89. The first-order valence-electron chi connectivity index (χ1n) is 7.14. The fourth-order valence-electron chi connectivity index (χ4n) is 2.94. The lowest BCUT2D eigenvalue weighted by Crippen LogP contribution is -2.08. The fraction of sp³-hybridized carbons (Fsp3) is 0.400. The van der Waals surface area contributed by atoms with Gasteiger partial charge in [-0.1, -0.05) is 0 Å². The Morgan fingerprint density at radius 2 is 2.15 bits per heavy atom. The molecule has 0 atom stereocenters. The monoisotopic (exact) mass is 267 g/mol. The molecule has 0 saturated heterocycles. The van der Waals surface area contributed by atoms with E-state index in [0.717, 1.165) is 36.6 Å². The van der Waals surface area contributed by atoms with Crippen LogP contribution in [-0.2, 0) is 19.4 Å². The molecule has 0 spiro atoms. The van der Waals surface area contributed by atoms with Crippen LogP contribution in [0.15, 0.2) is 24.7 Å². The number of hydrogen-bond donors (Lipinski definition) is 0.